The first kappa shape index (κ1) is 9.74. The minimum atomic E-state index is 0.742. The van der Waals surface area contributed by atoms with Crippen LogP contribution in [0, 0.1) is 14.9 Å². The molecule has 0 atom stereocenters. The van der Waals surface area contributed by atoms with E-state index >= 15 is 0 Å². The molecule has 0 aliphatic rings. The van der Waals surface area contributed by atoms with Crippen LogP contribution in [0.15, 0.2) is 18.2 Å². The Morgan fingerprint density at radius 1 is 1.50 bits per heavy atom. The van der Waals surface area contributed by atoms with Gasteiger partial charge in [-0.1, -0.05) is 0 Å². The summed E-state index contributed by atoms with van der Waals surface area (Å²) in [4.78, 5) is 0.742. The number of nitriles is 1. The molecule has 4 heteroatoms. The smallest absolute Gasteiger partial charge is 0.132 e. The summed E-state index contributed by atoms with van der Waals surface area (Å²) >= 11 is 3.75. The van der Waals surface area contributed by atoms with E-state index in [0.717, 1.165) is 24.3 Å². The van der Waals surface area contributed by atoms with E-state index in [1.54, 1.807) is 7.11 Å². The van der Waals surface area contributed by atoms with Crippen molar-refractivity contribution in [1.82, 2.24) is 0 Å². The van der Waals surface area contributed by atoms with Crippen molar-refractivity contribution in [2.45, 2.75) is 0 Å². The predicted molar refractivity (Wildman–Crippen MR) is 65.8 cm³/mol. The Labute approximate surface area is 99.3 Å². The Kier molecular flexibility index (Phi) is 2.61. The Hall–Kier alpha value is -0.800. The molecular weight excluding hydrogens is 309 g/mol. The normalized spacial score (nSPS) is 10.1. The van der Waals surface area contributed by atoms with Gasteiger partial charge < -0.3 is 4.74 Å². The minimum Gasteiger partial charge on any atom is -0.496 e. The van der Waals surface area contributed by atoms with Crippen LogP contribution in [-0.4, -0.2) is 7.11 Å². The fourth-order valence-corrected chi connectivity index (χ4v) is 3.17. The van der Waals surface area contributed by atoms with E-state index in [2.05, 4.69) is 28.7 Å². The van der Waals surface area contributed by atoms with Crippen molar-refractivity contribution in [1.29, 1.82) is 5.26 Å². The molecule has 14 heavy (non-hydrogen) atoms. The summed E-state index contributed by atoms with van der Waals surface area (Å²) in [7, 11) is 1.65. The van der Waals surface area contributed by atoms with E-state index in [-0.39, 0.29) is 0 Å². The highest BCUT2D eigenvalue weighted by molar-refractivity contribution is 14.1. The Bertz CT molecular complexity index is 527. The maximum Gasteiger partial charge on any atom is 0.132 e. The third-order valence-corrected chi connectivity index (χ3v) is 4.05. The maximum absolute atomic E-state index is 8.78. The van der Waals surface area contributed by atoms with E-state index in [9.17, 15) is 0 Å². The predicted octanol–water partition coefficient (Wildman–Crippen LogP) is 3.39. The van der Waals surface area contributed by atoms with Gasteiger partial charge >= 0.3 is 0 Å². The summed E-state index contributed by atoms with van der Waals surface area (Å²) in [5.41, 5.74) is 0. The highest BCUT2D eigenvalue weighted by atomic mass is 127. The molecule has 2 rings (SSSR count). The van der Waals surface area contributed by atoms with Crippen molar-refractivity contribution in [2.75, 3.05) is 7.11 Å². The van der Waals surface area contributed by atoms with Gasteiger partial charge in [0.05, 0.1) is 10.7 Å². The topological polar surface area (TPSA) is 33.0 Å². The SMILES string of the molecule is COc1ccc2sc(C#N)cc2c1I. The lowest BCUT2D eigenvalue weighted by molar-refractivity contribution is 0.412. The zero-order valence-corrected chi connectivity index (χ0v) is 10.3. The molecule has 1 aromatic carbocycles. The van der Waals surface area contributed by atoms with Gasteiger partial charge in [0.25, 0.3) is 0 Å². The minimum absolute atomic E-state index is 0.742. The maximum atomic E-state index is 8.78. The number of thiophene rings is 1. The molecule has 2 nitrogen and oxygen atoms in total. The van der Waals surface area contributed by atoms with Gasteiger partial charge in [0, 0.05) is 10.1 Å². The Morgan fingerprint density at radius 3 is 2.93 bits per heavy atom. The van der Waals surface area contributed by atoms with Gasteiger partial charge in [-0.25, -0.2) is 0 Å². The van der Waals surface area contributed by atoms with Crippen LogP contribution in [0.2, 0.25) is 0 Å². The number of halogens is 1. The standard InChI is InChI=1S/C10H6INOS/c1-13-8-2-3-9-7(10(8)11)4-6(5-12)14-9/h2-4H,1H3. The number of hydrogen-bond acceptors (Lipinski definition) is 3. The summed E-state index contributed by atoms with van der Waals surface area (Å²) in [5.74, 6) is 0.861. The molecule has 0 N–H and O–H groups in total. The molecule has 0 aliphatic heterocycles. The first-order valence-corrected chi connectivity index (χ1v) is 5.82. The molecule has 0 bridgehead atoms. The Morgan fingerprint density at radius 2 is 2.29 bits per heavy atom. The molecular formula is C10H6INOS. The van der Waals surface area contributed by atoms with Gasteiger partial charge in [0.15, 0.2) is 0 Å². The van der Waals surface area contributed by atoms with Gasteiger partial charge in [-0.2, -0.15) is 5.26 Å². The first-order chi connectivity index (χ1) is 6.76. The molecule has 0 saturated carbocycles. The van der Waals surface area contributed by atoms with Crippen LogP contribution >= 0.6 is 33.9 Å². The zero-order chi connectivity index (χ0) is 10.1. The van der Waals surface area contributed by atoms with Crippen LogP contribution in [0.3, 0.4) is 0 Å². The van der Waals surface area contributed by atoms with Crippen molar-refractivity contribution in [2.24, 2.45) is 0 Å². The van der Waals surface area contributed by atoms with Crippen molar-refractivity contribution in [3.63, 3.8) is 0 Å². The van der Waals surface area contributed by atoms with Crippen molar-refractivity contribution in [3.05, 3.63) is 26.6 Å². The number of fused-ring (bicyclic) bond motifs is 1. The number of benzene rings is 1. The molecule has 0 saturated heterocycles. The lowest BCUT2D eigenvalue weighted by atomic mass is 10.2. The first-order valence-electron chi connectivity index (χ1n) is 3.92. The number of nitrogens with zero attached hydrogens (tertiary/aromatic N) is 1. The molecule has 0 aliphatic carbocycles. The van der Waals surface area contributed by atoms with Crippen molar-refractivity contribution < 1.29 is 4.74 Å². The third-order valence-electron chi connectivity index (χ3n) is 1.93. The van der Waals surface area contributed by atoms with E-state index in [1.165, 1.54) is 11.3 Å². The second-order valence-electron chi connectivity index (χ2n) is 2.72. The molecule has 0 unspecified atom stereocenters. The number of methoxy groups -OCH3 is 1. The van der Waals surface area contributed by atoms with Crippen molar-refractivity contribution >= 4 is 44.0 Å². The van der Waals surface area contributed by atoms with E-state index in [0.29, 0.717) is 0 Å². The molecule has 2 aromatic rings. The average molecular weight is 315 g/mol. The van der Waals surface area contributed by atoms with E-state index in [1.807, 2.05) is 18.2 Å². The average Bonchev–Trinajstić information content (AvgIpc) is 2.62. The van der Waals surface area contributed by atoms with Gasteiger partial charge in [0.1, 0.15) is 16.7 Å². The van der Waals surface area contributed by atoms with Gasteiger partial charge in [-0.05, 0) is 40.8 Å². The lowest BCUT2D eigenvalue weighted by Gasteiger charge is -2.02. The molecule has 0 radical (unpaired) electrons. The van der Waals surface area contributed by atoms with Crippen LogP contribution in [0.4, 0.5) is 0 Å². The van der Waals surface area contributed by atoms with Gasteiger partial charge in [0.2, 0.25) is 0 Å². The molecule has 70 valence electrons. The van der Waals surface area contributed by atoms with Crippen LogP contribution in [-0.2, 0) is 0 Å². The van der Waals surface area contributed by atoms with Crippen molar-refractivity contribution in [3.8, 4) is 11.8 Å². The largest absolute Gasteiger partial charge is 0.496 e. The second kappa shape index (κ2) is 3.75. The highest BCUT2D eigenvalue weighted by Crippen LogP contribution is 2.34. The molecule has 1 aromatic heterocycles. The summed E-state index contributed by atoms with van der Waals surface area (Å²) in [6.45, 7) is 0. The summed E-state index contributed by atoms with van der Waals surface area (Å²) < 4.78 is 7.41. The molecule has 0 spiro atoms. The second-order valence-corrected chi connectivity index (χ2v) is 4.88. The van der Waals surface area contributed by atoms with Crippen LogP contribution < -0.4 is 4.74 Å². The van der Waals surface area contributed by atoms with Crippen LogP contribution in [0.5, 0.6) is 5.75 Å². The highest BCUT2D eigenvalue weighted by Gasteiger charge is 2.08. The third kappa shape index (κ3) is 1.47. The molecule has 0 amide bonds. The zero-order valence-electron chi connectivity index (χ0n) is 7.37. The number of ether oxygens (including phenoxy) is 1. The van der Waals surface area contributed by atoms with Gasteiger partial charge in [-0.15, -0.1) is 11.3 Å². The quantitative estimate of drug-likeness (QED) is 0.756. The van der Waals surface area contributed by atoms with Crippen LogP contribution in [0.1, 0.15) is 4.88 Å². The van der Waals surface area contributed by atoms with Gasteiger partial charge in [-0.3, -0.25) is 0 Å². The fourth-order valence-electron chi connectivity index (χ4n) is 1.27. The Balaban J connectivity index is 2.76. The summed E-state index contributed by atoms with van der Waals surface area (Å²) in [6, 6.07) is 7.98. The molecule has 0 fully saturated rings. The van der Waals surface area contributed by atoms with E-state index in [4.69, 9.17) is 10.00 Å². The lowest BCUT2D eigenvalue weighted by Crippen LogP contribution is -1.85. The summed E-state index contributed by atoms with van der Waals surface area (Å²) in [5, 5.41) is 9.89. The summed E-state index contributed by atoms with van der Waals surface area (Å²) in [6.07, 6.45) is 0. The number of rotatable bonds is 1. The monoisotopic (exact) mass is 315 g/mol. The molecule has 1 heterocycles. The fraction of sp³-hybridized carbons (Fsp3) is 0.100. The van der Waals surface area contributed by atoms with E-state index < -0.39 is 0 Å². The number of hydrogen-bond donors (Lipinski definition) is 0. The van der Waals surface area contributed by atoms with Crippen LogP contribution in [0.25, 0.3) is 10.1 Å².